The average molecular weight is 183 g/mol. The molecule has 0 aromatic heterocycles. The molecule has 0 atom stereocenters. The quantitative estimate of drug-likeness (QED) is 0.500. The summed E-state index contributed by atoms with van der Waals surface area (Å²) in [6.07, 6.45) is 6.92. The third kappa shape index (κ3) is 2.87. The lowest BCUT2D eigenvalue weighted by Gasteiger charge is -1.99. The number of benzene rings is 1. The van der Waals surface area contributed by atoms with Crippen molar-refractivity contribution in [2.45, 2.75) is 0 Å². The van der Waals surface area contributed by atoms with Crippen LogP contribution in [-0.4, -0.2) is 6.21 Å². The minimum Gasteiger partial charge on any atom is -0.256 e. The molecule has 0 heterocycles. The van der Waals surface area contributed by atoms with Crippen LogP contribution < -0.4 is 0 Å². The summed E-state index contributed by atoms with van der Waals surface area (Å²) in [5.74, 6) is 0. The van der Waals surface area contributed by atoms with E-state index in [9.17, 15) is 0 Å². The van der Waals surface area contributed by atoms with Gasteiger partial charge in [-0.05, 0) is 6.08 Å². The molecule has 1 aromatic carbocycles. The second-order valence-corrected chi connectivity index (χ2v) is 2.67. The van der Waals surface area contributed by atoms with Crippen molar-refractivity contribution in [3.8, 4) is 0 Å². The summed E-state index contributed by atoms with van der Waals surface area (Å²) in [6, 6.07) is 9.96. The first kappa shape index (κ1) is 10.2. The number of nitrogens with zero attached hydrogens (tertiary/aromatic N) is 1. The lowest BCUT2D eigenvalue weighted by Crippen LogP contribution is -1.80. The molecular formula is C13H13N. The number of hydrogen-bond acceptors (Lipinski definition) is 1. The van der Waals surface area contributed by atoms with E-state index in [1.54, 1.807) is 18.4 Å². The molecule has 0 unspecified atom stereocenters. The number of aliphatic imine (C=N–C) groups is 1. The second-order valence-electron chi connectivity index (χ2n) is 2.67. The summed E-state index contributed by atoms with van der Waals surface area (Å²) in [4.78, 5) is 4.25. The normalized spacial score (nSPS) is 11.6. The van der Waals surface area contributed by atoms with E-state index in [0.717, 1.165) is 11.3 Å². The molecule has 1 rings (SSSR count). The molecule has 0 aliphatic carbocycles. The first-order chi connectivity index (χ1) is 6.88. The van der Waals surface area contributed by atoms with Crippen LogP contribution in [0.5, 0.6) is 0 Å². The number of hydrogen-bond donors (Lipinski definition) is 0. The predicted octanol–water partition coefficient (Wildman–Crippen LogP) is 3.47. The van der Waals surface area contributed by atoms with Crippen molar-refractivity contribution in [3.05, 3.63) is 67.3 Å². The van der Waals surface area contributed by atoms with Crippen LogP contribution in [0, 0.1) is 0 Å². The van der Waals surface area contributed by atoms with Crippen LogP contribution in [0.25, 0.3) is 5.70 Å². The van der Waals surface area contributed by atoms with E-state index < -0.39 is 0 Å². The van der Waals surface area contributed by atoms with Crippen LogP contribution >= 0.6 is 0 Å². The Balaban J connectivity index is 3.01. The van der Waals surface area contributed by atoms with Gasteiger partial charge in [0.2, 0.25) is 0 Å². The highest BCUT2D eigenvalue weighted by atomic mass is 14.7. The van der Waals surface area contributed by atoms with E-state index in [2.05, 4.69) is 18.2 Å². The van der Waals surface area contributed by atoms with Gasteiger partial charge in [-0.2, -0.15) is 0 Å². The highest BCUT2D eigenvalue weighted by Gasteiger charge is 1.94. The van der Waals surface area contributed by atoms with Crippen molar-refractivity contribution in [3.63, 3.8) is 0 Å². The predicted molar refractivity (Wildman–Crippen MR) is 63.3 cm³/mol. The van der Waals surface area contributed by atoms with Crippen molar-refractivity contribution in [2.75, 3.05) is 0 Å². The second kappa shape index (κ2) is 5.70. The zero-order chi connectivity index (χ0) is 10.2. The maximum Gasteiger partial charge on any atom is 0.0701 e. The van der Waals surface area contributed by atoms with Gasteiger partial charge in [-0.25, -0.2) is 0 Å². The first-order valence-electron chi connectivity index (χ1n) is 4.41. The molecule has 70 valence electrons. The molecule has 0 bridgehead atoms. The van der Waals surface area contributed by atoms with E-state index in [1.807, 2.05) is 36.4 Å². The summed E-state index contributed by atoms with van der Waals surface area (Å²) in [5.41, 5.74) is 1.96. The maximum atomic E-state index is 4.25. The van der Waals surface area contributed by atoms with Gasteiger partial charge in [0.05, 0.1) is 5.70 Å². The third-order valence-corrected chi connectivity index (χ3v) is 1.66. The average Bonchev–Trinajstić information content (AvgIpc) is 2.25. The molecule has 0 saturated carbocycles. The Labute approximate surface area is 84.8 Å². The van der Waals surface area contributed by atoms with E-state index in [1.165, 1.54) is 0 Å². The molecule has 0 radical (unpaired) electrons. The Morgan fingerprint density at radius 1 is 1.07 bits per heavy atom. The summed E-state index contributed by atoms with van der Waals surface area (Å²) in [6.45, 7) is 7.24. The van der Waals surface area contributed by atoms with E-state index in [-0.39, 0.29) is 0 Å². The van der Waals surface area contributed by atoms with Gasteiger partial charge in [-0.3, -0.25) is 4.99 Å². The number of rotatable bonds is 4. The largest absolute Gasteiger partial charge is 0.256 e. The van der Waals surface area contributed by atoms with Crippen LogP contribution in [0.2, 0.25) is 0 Å². The van der Waals surface area contributed by atoms with E-state index >= 15 is 0 Å². The fraction of sp³-hybridized carbons (Fsp3) is 0. The zero-order valence-corrected chi connectivity index (χ0v) is 8.06. The van der Waals surface area contributed by atoms with Crippen LogP contribution in [0.15, 0.2) is 66.7 Å². The molecule has 0 amide bonds. The van der Waals surface area contributed by atoms with Crippen molar-refractivity contribution >= 4 is 11.9 Å². The standard InChI is InChI=1S/C13H13N/c1-3-8-13(14-11-4-2)12-9-6-5-7-10-12/h3-11H,1-2H2/b13-8-,14-11?. The lowest BCUT2D eigenvalue weighted by molar-refractivity contribution is 1.52. The topological polar surface area (TPSA) is 12.4 Å². The van der Waals surface area contributed by atoms with Gasteiger partial charge in [0, 0.05) is 11.8 Å². The van der Waals surface area contributed by atoms with Crippen LogP contribution in [0.4, 0.5) is 0 Å². The minimum absolute atomic E-state index is 0.889. The Hall–Kier alpha value is -1.89. The summed E-state index contributed by atoms with van der Waals surface area (Å²) >= 11 is 0. The van der Waals surface area contributed by atoms with Crippen molar-refractivity contribution in [1.82, 2.24) is 0 Å². The smallest absolute Gasteiger partial charge is 0.0701 e. The Morgan fingerprint density at radius 3 is 2.36 bits per heavy atom. The van der Waals surface area contributed by atoms with Crippen LogP contribution in [0.1, 0.15) is 5.56 Å². The van der Waals surface area contributed by atoms with Gasteiger partial charge in [-0.1, -0.05) is 55.6 Å². The Kier molecular flexibility index (Phi) is 4.15. The molecule has 0 spiro atoms. The summed E-state index contributed by atoms with van der Waals surface area (Å²) in [5, 5.41) is 0. The zero-order valence-electron chi connectivity index (χ0n) is 8.06. The van der Waals surface area contributed by atoms with E-state index in [0.29, 0.717) is 0 Å². The Bertz CT molecular complexity index is 358. The van der Waals surface area contributed by atoms with E-state index in [4.69, 9.17) is 0 Å². The molecule has 0 aliphatic rings. The number of allylic oxidation sites excluding steroid dienone is 3. The molecule has 0 aliphatic heterocycles. The monoisotopic (exact) mass is 183 g/mol. The van der Waals surface area contributed by atoms with Gasteiger partial charge in [-0.15, -0.1) is 0 Å². The fourth-order valence-electron chi connectivity index (χ4n) is 1.07. The fourth-order valence-corrected chi connectivity index (χ4v) is 1.07. The van der Waals surface area contributed by atoms with Gasteiger partial charge in [0.1, 0.15) is 0 Å². The first-order valence-corrected chi connectivity index (χ1v) is 4.41. The van der Waals surface area contributed by atoms with Crippen LogP contribution in [-0.2, 0) is 0 Å². The van der Waals surface area contributed by atoms with Gasteiger partial charge >= 0.3 is 0 Å². The van der Waals surface area contributed by atoms with Crippen LogP contribution in [0.3, 0.4) is 0 Å². The molecule has 0 N–H and O–H groups in total. The SMILES string of the molecule is C=CC=N/C(=C\C=C)c1ccccc1. The lowest BCUT2D eigenvalue weighted by atomic mass is 10.1. The minimum atomic E-state index is 0.889. The summed E-state index contributed by atoms with van der Waals surface area (Å²) in [7, 11) is 0. The van der Waals surface area contributed by atoms with Crippen molar-refractivity contribution in [1.29, 1.82) is 0 Å². The summed E-state index contributed by atoms with van der Waals surface area (Å²) < 4.78 is 0. The molecule has 0 saturated heterocycles. The van der Waals surface area contributed by atoms with Gasteiger partial charge < -0.3 is 0 Å². The van der Waals surface area contributed by atoms with Crippen molar-refractivity contribution < 1.29 is 0 Å². The molecule has 0 fully saturated rings. The highest BCUT2D eigenvalue weighted by molar-refractivity contribution is 5.79. The van der Waals surface area contributed by atoms with Gasteiger partial charge in [0.25, 0.3) is 0 Å². The van der Waals surface area contributed by atoms with Gasteiger partial charge in [0.15, 0.2) is 0 Å². The maximum absolute atomic E-state index is 4.25. The third-order valence-electron chi connectivity index (χ3n) is 1.66. The molecule has 1 heteroatoms. The molecular weight excluding hydrogens is 170 g/mol. The Morgan fingerprint density at radius 2 is 1.79 bits per heavy atom. The van der Waals surface area contributed by atoms with Crippen molar-refractivity contribution in [2.24, 2.45) is 4.99 Å². The highest BCUT2D eigenvalue weighted by Crippen LogP contribution is 2.14. The molecule has 1 nitrogen and oxygen atoms in total. The molecule has 14 heavy (non-hydrogen) atoms. The molecule has 1 aromatic rings.